The Morgan fingerprint density at radius 2 is 1.87 bits per heavy atom. The second kappa shape index (κ2) is 8.67. The maximum atomic E-state index is 5.27. The fourth-order valence-corrected chi connectivity index (χ4v) is 4.25. The van der Waals surface area contributed by atoms with Crippen LogP contribution in [0.3, 0.4) is 0 Å². The molecular weight excluding hydrogens is 286 g/mol. The third kappa shape index (κ3) is 4.93. The Hall–Kier alpha value is -1.10. The van der Waals surface area contributed by atoms with E-state index < -0.39 is 0 Å². The summed E-state index contributed by atoms with van der Waals surface area (Å²) in [5.41, 5.74) is 1.45. The van der Waals surface area contributed by atoms with Crippen LogP contribution in [0.25, 0.3) is 0 Å². The highest BCUT2D eigenvalue weighted by Gasteiger charge is 2.28. The van der Waals surface area contributed by atoms with Gasteiger partial charge in [-0.15, -0.1) is 0 Å². The quantitative estimate of drug-likeness (QED) is 0.585. The van der Waals surface area contributed by atoms with E-state index in [2.05, 4.69) is 29.6 Å². The molecule has 2 aliphatic rings. The summed E-state index contributed by atoms with van der Waals surface area (Å²) in [5, 5.41) is 2.46. The summed E-state index contributed by atoms with van der Waals surface area (Å²) in [6, 6.07) is 9.54. The summed E-state index contributed by atoms with van der Waals surface area (Å²) in [6.45, 7) is 9.27. The van der Waals surface area contributed by atoms with Crippen LogP contribution in [0.5, 0.6) is 5.75 Å². The minimum absolute atomic E-state index is 0.865. The maximum absolute atomic E-state index is 5.27. The van der Waals surface area contributed by atoms with E-state index in [1.165, 1.54) is 77.1 Å². The van der Waals surface area contributed by atoms with Crippen molar-refractivity contribution in [2.45, 2.75) is 38.3 Å². The highest BCUT2D eigenvalue weighted by atomic mass is 16.5. The monoisotopic (exact) mass is 320 g/mol. The number of hydrogen-bond donors (Lipinski definition) is 3. The van der Waals surface area contributed by atoms with Crippen LogP contribution in [0.15, 0.2) is 24.3 Å². The highest BCUT2D eigenvalue weighted by Crippen LogP contribution is 2.12. The number of likely N-dealkylation sites (tertiary alicyclic amines) is 1. The Labute approximate surface area is 140 Å². The van der Waals surface area contributed by atoms with Crippen molar-refractivity contribution in [3.63, 3.8) is 0 Å². The summed E-state index contributed by atoms with van der Waals surface area (Å²) in [4.78, 5) is 3.64. The van der Waals surface area contributed by atoms with Crippen molar-refractivity contribution < 1.29 is 19.9 Å². The molecule has 4 heteroatoms. The Kier molecular flexibility index (Phi) is 6.31. The first-order chi connectivity index (χ1) is 11.3. The van der Waals surface area contributed by atoms with E-state index in [9.17, 15) is 0 Å². The number of piperazine rings is 1. The fourth-order valence-electron chi connectivity index (χ4n) is 4.25. The van der Waals surface area contributed by atoms with Gasteiger partial charge in [0, 0.05) is 12.0 Å². The molecule has 2 heterocycles. The molecule has 0 amide bonds. The minimum atomic E-state index is 0.865. The summed E-state index contributed by atoms with van der Waals surface area (Å²) in [7, 11) is 1.74. The number of nitrogens with two attached hydrogens (primary N) is 1. The van der Waals surface area contributed by atoms with Crippen molar-refractivity contribution >= 4 is 0 Å². The van der Waals surface area contributed by atoms with Crippen LogP contribution in [-0.2, 0) is 6.54 Å². The Morgan fingerprint density at radius 1 is 1.09 bits per heavy atom. The lowest BCUT2D eigenvalue weighted by molar-refractivity contribution is -0.964. The third-order valence-corrected chi connectivity index (χ3v) is 5.72. The number of quaternary nitrogens is 3. The smallest absolute Gasteiger partial charge is 0.127 e. The van der Waals surface area contributed by atoms with E-state index in [0.717, 1.165) is 11.8 Å². The summed E-state index contributed by atoms with van der Waals surface area (Å²) < 4.78 is 5.27. The fraction of sp³-hybridized carbons (Fsp3) is 0.684. The van der Waals surface area contributed by atoms with Crippen molar-refractivity contribution in [1.29, 1.82) is 0 Å². The number of nitrogens with one attached hydrogen (secondary N) is 2. The van der Waals surface area contributed by atoms with Crippen LogP contribution < -0.4 is 19.9 Å². The number of methoxy groups -OCH3 is 1. The molecular formula is C19H34N3O+3. The van der Waals surface area contributed by atoms with E-state index in [0.29, 0.717) is 0 Å². The molecule has 4 N–H and O–H groups in total. The first kappa shape index (κ1) is 16.7. The molecule has 1 aromatic rings. The zero-order valence-electron chi connectivity index (χ0n) is 14.7. The van der Waals surface area contributed by atoms with Crippen LogP contribution in [0.2, 0.25) is 0 Å². The van der Waals surface area contributed by atoms with Crippen LogP contribution in [0.1, 0.15) is 31.2 Å². The molecule has 0 aromatic heterocycles. The van der Waals surface area contributed by atoms with Gasteiger partial charge >= 0.3 is 0 Å². The SMILES string of the molecule is COc1ccc(C[NH+]2CCCC[C@@H]2CC[NH+]2CC[NH2+]CC2)cc1. The molecule has 2 atom stereocenters. The van der Waals surface area contributed by atoms with Gasteiger partial charge in [0.1, 0.15) is 38.5 Å². The molecule has 1 aromatic carbocycles. The van der Waals surface area contributed by atoms with Crippen LogP contribution in [0, 0.1) is 0 Å². The Bertz CT molecular complexity index is 456. The molecule has 2 aliphatic heterocycles. The first-order valence-electron chi connectivity index (χ1n) is 9.48. The zero-order valence-corrected chi connectivity index (χ0v) is 14.7. The summed E-state index contributed by atoms with van der Waals surface area (Å²) in [6.07, 6.45) is 5.65. The van der Waals surface area contributed by atoms with E-state index in [4.69, 9.17) is 4.74 Å². The second-order valence-electron chi connectivity index (χ2n) is 7.28. The summed E-state index contributed by atoms with van der Waals surface area (Å²) in [5.74, 6) is 0.962. The topological polar surface area (TPSA) is 34.7 Å². The summed E-state index contributed by atoms with van der Waals surface area (Å²) >= 11 is 0. The van der Waals surface area contributed by atoms with Crippen molar-refractivity contribution in [2.24, 2.45) is 0 Å². The van der Waals surface area contributed by atoms with Gasteiger partial charge in [0.2, 0.25) is 0 Å². The molecule has 1 unspecified atom stereocenters. The predicted molar refractivity (Wildman–Crippen MR) is 92.0 cm³/mol. The van der Waals surface area contributed by atoms with Gasteiger partial charge in [-0.1, -0.05) is 0 Å². The predicted octanol–water partition coefficient (Wildman–Crippen LogP) is -1.52. The van der Waals surface area contributed by atoms with E-state index in [1.54, 1.807) is 7.11 Å². The second-order valence-corrected chi connectivity index (χ2v) is 7.28. The molecule has 0 bridgehead atoms. The number of benzene rings is 1. The highest BCUT2D eigenvalue weighted by molar-refractivity contribution is 5.26. The van der Waals surface area contributed by atoms with Gasteiger partial charge in [0.15, 0.2) is 0 Å². The molecule has 2 fully saturated rings. The lowest BCUT2D eigenvalue weighted by Gasteiger charge is -2.33. The zero-order chi connectivity index (χ0) is 15.9. The van der Waals surface area contributed by atoms with Crippen LogP contribution in [-0.4, -0.2) is 52.4 Å². The Balaban J connectivity index is 1.52. The number of piperidine rings is 1. The minimum Gasteiger partial charge on any atom is -0.497 e. The van der Waals surface area contributed by atoms with Gasteiger partial charge in [-0.05, 0) is 43.5 Å². The van der Waals surface area contributed by atoms with Gasteiger partial charge in [-0.25, -0.2) is 0 Å². The Morgan fingerprint density at radius 3 is 2.61 bits per heavy atom. The van der Waals surface area contributed by atoms with Gasteiger partial charge in [-0.3, -0.25) is 0 Å². The molecule has 0 spiro atoms. The van der Waals surface area contributed by atoms with Crippen LogP contribution >= 0.6 is 0 Å². The number of hydrogen-bond acceptors (Lipinski definition) is 1. The molecule has 2 saturated heterocycles. The van der Waals surface area contributed by atoms with E-state index in [-0.39, 0.29) is 0 Å². The lowest BCUT2D eigenvalue weighted by atomic mass is 9.98. The standard InChI is InChI=1S/C19H31N3O/c1-23-19-7-5-17(6-8-19)16-22-12-3-2-4-18(22)9-13-21-14-10-20-11-15-21/h5-8,18,20H,2-4,9-16H2,1H3/p+3/t18-/m1/s1. The molecule has 0 saturated carbocycles. The van der Waals surface area contributed by atoms with Crippen molar-refractivity contribution in [2.75, 3.05) is 46.4 Å². The molecule has 0 radical (unpaired) electrons. The third-order valence-electron chi connectivity index (χ3n) is 5.72. The molecule has 3 rings (SSSR count). The van der Waals surface area contributed by atoms with Gasteiger partial charge in [0.25, 0.3) is 0 Å². The molecule has 4 nitrogen and oxygen atoms in total. The number of ether oxygens (including phenoxy) is 1. The van der Waals surface area contributed by atoms with E-state index >= 15 is 0 Å². The lowest BCUT2D eigenvalue weighted by Crippen LogP contribution is -3.21. The van der Waals surface area contributed by atoms with Crippen molar-refractivity contribution in [1.82, 2.24) is 0 Å². The van der Waals surface area contributed by atoms with Gasteiger partial charge in [-0.2, -0.15) is 0 Å². The molecule has 128 valence electrons. The average Bonchev–Trinajstić information content (AvgIpc) is 2.62. The molecule has 0 aliphatic carbocycles. The number of rotatable bonds is 6. The largest absolute Gasteiger partial charge is 0.497 e. The average molecular weight is 321 g/mol. The van der Waals surface area contributed by atoms with Crippen LogP contribution in [0.4, 0.5) is 0 Å². The molecule has 23 heavy (non-hydrogen) atoms. The van der Waals surface area contributed by atoms with E-state index in [1.807, 2.05) is 9.80 Å². The van der Waals surface area contributed by atoms with Crippen molar-refractivity contribution in [3.05, 3.63) is 29.8 Å². The first-order valence-corrected chi connectivity index (χ1v) is 9.48. The maximum Gasteiger partial charge on any atom is 0.127 e. The van der Waals surface area contributed by atoms with Gasteiger partial charge < -0.3 is 19.9 Å². The normalized spacial score (nSPS) is 26.1. The van der Waals surface area contributed by atoms with Crippen molar-refractivity contribution in [3.8, 4) is 5.75 Å². The van der Waals surface area contributed by atoms with Gasteiger partial charge in [0.05, 0.1) is 26.2 Å².